The zero-order chi connectivity index (χ0) is 17.9. The number of rotatable bonds is 10. The van der Waals surface area contributed by atoms with Crippen LogP contribution in [0.15, 0.2) is 36.4 Å². The highest BCUT2D eigenvalue weighted by atomic mass is 16.5. The largest absolute Gasteiger partial charge is 0.463 e. The van der Waals surface area contributed by atoms with Crippen molar-refractivity contribution in [2.45, 2.75) is 32.4 Å². The van der Waals surface area contributed by atoms with E-state index in [0.717, 1.165) is 11.3 Å². The molecule has 0 aliphatic heterocycles. The fraction of sp³-hybridized carbons (Fsp3) is 0.444. The van der Waals surface area contributed by atoms with Crippen molar-refractivity contribution in [3.63, 3.8) is 0 Å². The summed E-state index contributed by atoms with van der Waals surface area (Å²) in [5.41, 5.74) is 7.46. The highest BCUT2D eigenvalue weighted by Crippen LogP contribution is 2.12. The molecule has 1 amide bonds. The van der Waals surface area contributed by atoms with E-state index >= 15 is 0 Å². The number of carbonyl (C=O) groups is 2. The van der Waals surface area contributed by atoms with Gasteiger partial charge >= 0.3 is 5.97 Å². The Balaban J connectivity index is 2.62. The van der Waals surface area contributed by atoms with Gasteiger partial charge in [-0.1, -0.05) is 18.2 Å². The number of hydrogen-bond acceptors (Lipinski definition) is 5. The summed E-state index contributed by atoms with van der Waals surface area (Å²) in [5, 5.41) is 3.32. The lowest BCUT2D eigenvalue weighted by Gasteiger charge is -2.16. The average Bonchev–Trinajstić information content (AvgIpc) is 2.54. The number of carbonyl (C=O) groups excluding carboxylic acids is 2. The van der Waals surface area contributed by atoms with Crippen LogP contribution >= 0.6 is 0 Å². The van der Waals surface area contributed by atoms with E-state index in [9.17, 15) is 9.59 Å². The van der Waals surface area contributed by atoms with Gasteiger partial charge < -0.3 is 20.7 Å². The van der Waals surface area contributed by atoms with Gasteiger partial charge in [0, 0.05) is 44.9 Å². The lowest BCUT2D eigenvalue weighted by Crippen LogP contribution is -2.28. The Hall–Kier alpha value is -2.34. The summed E-state index contributed by atoms with van der Waals surface area (Å²) >= 11 is 0. The molecule has 1 aromatic rings. The van der Waals surface area contributed by atoms with Gasteiger partial charge in [-0.05, 0) is 31.0 Å². The summed E-state index contributed by atoms with van der Waals surface area (Å²) in [6, 6.07) is 8.05. The van der Waals surface area contributed by atoms with E-state index in [2.05, 4.69) is 5.32 Å². The Bertz CT molecular complexity index is 553. The molecular formula is C18H27N3O3. The molecule has 0 aromatic heterocycles. The van der Waals surface area contributed by atoms with Crippen LogP contribution in [0.5, 0.6) is 0 Å². The predicted molar refractivity (Wildman–Crippen MR) is 95.6 cm³/mol. The molecule has 0 radical (unpaired) electrons. The van der Waals surface area contributed by atoms with Crippen molar-refractivity contribution < 1.29 is 14.3 Å². The zero-order valence-electron chi connectivity index (χ0n) is 14.6. The highest BCUT2D eigenvalue weighted by molar-refractivity contribution is 5.82. The van der Waals surface area contributed by atoms with Crippen molar-refractivity contribution in [2.75, 3.05) is 25.6 Å². The topological polar surface area (TPSA) is 84.7 Å². The Labute approximate surface area is 143 Å². The maximum Gasteiger partial charge on any atom is 0.330 e. The van der Waals surface area contributed by atoms with Gasteiger partial charge in [0.2, 0.25) is 5.91 Å². The molecule has 3 N–H and O–H groups in total. The zero-order valence-corrected chi connectivity index (χ0v) is 14.6. The van der Waals surface area contributed by atoms with Crippen LogP contribution in [-0.2, 0) is 20.9 Å². The third-order valence-corrected chi connectivity index (χ3v) is 3.47. The molecule has 0 saturated heterocycles. The number of anilines is 1. The van der Waals surface area contributed by atoms with E-state index in [1.54, 1.807) is 13.0 Å². The summed E-state index contributed by atoms with van der Waals surface area (Å²) in [7, 11) is 3.99. The van der Waals surface area contributed by atoms with E-state index in [-0.39, 0.29) is 18.4 Å². The van der Waals surface area contributed by atoms with Crippen molar-refractivity contribution >= 4 is 17.6 Å². The fourth-order valence-electron chi connectivity index (χ4n) is 2.11. The first-order valence-electron chi connectivity index (χ1n) is 8.05. The summed E-state index contributed by atoms with van der Waals surface area (Å²) in [4.78, 5) is 24.5. The van der Waals surface area contributed by atoms with Crippen LogP contribution in [0.25, 0.3) is 0 Å². The molecule has 0 heterocycles. The van der Waals surface area contributed by atoms with Crippen LogP contribution in [0.1, 0.15) is 25.3 Å². The molecule has 1 aromatic carbocycles. The van der Waals surface area contributed by atoms with Crippen LogP contribution in [0, 0.1) is 0 Å². The molecule has 0 spiro atoms. The molecule has 0 aliphatic rings. The van der Waals surface area contributed by atoms with Gasteiger partial charge in [-0.15, -0.1) is 0 Å². The van der Waals surface area contributed by atoms with E-state index in [4.69, 9.17) is 10.5 Å². The summed E-state index contributed by atoms with van der Waals surface area (Å²) < 4.78 is 4.87. The van der Waals surface area contributed by atoms with Gasteiger partial charge in [0.1, 0.15) is 0 Å². The molecule has 1 atom stereocenters. The smallest absolute Gasteiger partial charge is 0.330 e. The highest BCUT2D eigenvalue weighted by Gasteiger charge is 2.08. The van der Waals surface area contributed by atoms with E-state index < -0.39 is 5.97 Å². The number of hydrogen-bond donors (Lipinski definition) is 2. The third-order valence-electron chi connectivity index (χ3n) is 3.47. The molecule has 0 unspecified atom stereocenters. The molecule has 0 saturated carbocycles. The number of nitrogens with one attached hydrogen (secondary N) is 1. The minimum Gasteiger partial charge on any atom is -0.463 e. The van der Waals surface area contributed by atoms with Gasteiger partial charge in [-0.25, -0.2) is 4.79 Å². The molecule has 1 rings (SSSR count). The monoisotopic (exact) mass is 333 g/mol. The van der Waals surface area contributed by atoms with Gasteiger partial charge in [0.05, 0.1) is 6.61 Å². The molecule has 24 heavy (non-hydrogen) atoms. The standard InChI is InChI=1S/C18H27N3O3/c1-4-24-18(23)12-8-15(7-11-17(19)22)20-13-14-5-9-16(10-6-14)21(2)3/h5-6,8-10,12,15,20H,4,7,11,13H2,1-3H3,(H2,19,22)/t15-/m0/s1. The first-order chi connectivity index (χ1) is 11.4. The fourth-order valence-corrected chi connectivity index (χ4v) is 2.11. The quantitative estimate of drug-likeness (QED) is 0.502. The maximum atomic E-state index is 11.4. The van der Waals surface area contributed by atoms with Crippen LogP contribution < -0.4 is 16.0 Å². The molecule has 132 valence electrons. The van der Waals surface area contributed by atoms with Crippen molar-refractivity contribution in [1.82, 2.24) is 5.32 Å². The Morgan fingerprint density at radius 1 is 1.29 bits per heavy atom. The van der Waals surface area contributed by atoms with Gasteiger partial charge in [-0.3, -0.25) is 4.79 Å². The van der Waals surface area contributed by atoms with Gasteiger partial charge in [0.15, 0.2) is 0 Å². The number of nitrogens with zero attached hydrogens (tertiary/aromatic N) is 1. The number of esters is 1. The normalized spacial score (nSPS) is 12.1. The van der Waals surface area contributed by atoms with Crippen LogP contribution in [-0.4, -0.2) is 38.6 Å². The van der Waals surface area contributed by atoms with Crippen LogP contribution in [0.4, 0.5) is 5.69 Å². The average molecular weight is 333 g/mol. The third kappa shape index (κ3) is 7.78. The second-order valence-electron chi connectivity index (χ2n) is 5.66. The molecule has 6 heteroatoms. The molecule has 6 nitrogen and oxygen atoms in total. The van der Waals surface area contributed by atoms with Crippen molar-refractivity contribution in [2.24, 2.45) is 5.73 Å². The lowest BCUT2D eigenvalue weighted by molar-refractivity contribution is -0.137. The Morgan fingerprint density at radius 3 is 2.50 bits per heavy atom. The van der Waals surface area contributed by atoms with E-state index in [0.29, 0.717) is 19.6 Å². The number of ether oxygens (including phenoxy) is 1. The predicted octanol–water partition coefficient (Wildman–Crippen LogP) is 1.60. The second-order valence-corrected chi connectivity index (χ2v) is 5.66. The minimum atomic E-state index is -0.390. The van der Waals surface area contributed by atoms with Crippen LogP contribution in [0.3, 0.4) is 0 Å². The molecule has 0 fully saturated rings. The van der Waals surface area contributed by atoms with Gasteiger partial charge in [0.25, 0.3) is 0 Å². The Morgan fingerprint density at radius 2 is 1.96 bits per heavy atom. The summed E-state index contributed by atoms with van der Waals surface area (Å²) in [6.07, 6.45) is 3.89. The number of benzene rings is 1. The molecule has 0 aliphatic carbocycles. The second kappa shape index (κ2) is 10.4. The lowest BCUT2D eigenvalue weighted by atomic mass is 10.1. The summed E-state index contributed by atoms with van der Waals surface area (Å²) in [5.74, 6) is -0.750. The first-order valence-corrected chi connectivity index (χ1v) is 8.05. The SMILES string of the molecule is CCOC(=O)C=C[C@H](CCC(N)=O)NCc1ccc(N(C)C)cc1. The number of primary amides is 1. The number of amides is 1. The van der Waals surface area contributed by atoms with Gasteiger partial charge in [-0.2, -0.15) is 0 Å². The van der Waals surface area contributed by atoms with Crippen molar-refractivity contribution in [1.29, 1.82) is 0 Å². The summed E-state index contributed by atoms with van der Waals surface area (Å²) in [6.45, 7) is 2.72. The molecule has 0 bridgehead atoms. The van der Waals surface area contributed by atoms with Crippen LogP contribution in [0.2, 0.25) is 0 Å². The van der Waals surface area contributed by atoms with E-state index in [1.165, 1.54) is 6.08 Å². The Kier molecular flexibility index (Phi) is 8.57. The van der Waals surface area contributed by atoms with Crippen molar-refractivity contribution in [3.8, 4) is 0 Å². The first kappa shape index (κ1) is 19.7. The minimum absolute atomic E-state index is 0.129. The van der Waals surface area contributed by atoms with Crippen molar-refractivity contribution in [3.05, 3.63) is 42.0 Å². The van der Waals surface area contributed by atoms with E-state index in [1.807, 2.05) is 43.3 Å². The molecular weight excluding hydrogens is 306 g/mol. The maximum absolute atomic E-state index is 11.4. The number of nitrogens with two attached hydrogens (primary N) is 1.